The Balaban J connectivity index is 2.10. The second kappa shape index (κ2) is 7.78. The summed E-state index contributed by atoms with van der Waals surface area (Å²) in [6.45, 7) is 17.9. The van der Waals surface area contributed by atoms with E-state index in [1.54, 1.807) is 7.11 Å². The lowest BCUT2D eigenvalue weighted by molar-refractivity contribution is 0.159. The summed E-state index contributed by atoms with van der Waals surface area (Å²) in [5, 5.41) is 14.5. The predicted molar refractivity (Wildman–Crippen MR) is 139 cm³/mol. The largest absolute Gasteiger partial charge is 0.382 e. The number of ether oxygens (including phenoxy) is 1. The lowest BCUT2D eigenvalue weighted by Crippen LogP contribution is -2.28. The maximum Gasteiger partial charge on any atom is 0.120 e. The SMILES string of the molecule is C=C(/C=C\CC)C1=NC2(C)C(O)(/C=C/COC)C2(C)c2c1cc(C(C)(C)C)c1ccccc21. The van der Waals surface area contributed by atoms with Crippen molar-refractivity contribution in [3.8, 4) is 0 Å². The Morgan fingerprint density at radius 1 is 1.15 bits per heavy atom. The molecule has 3 heteroatoms. The molecule has 1 aliphatic heterocycles. The van der Waals surface area contributed by atoms with Gasteiger partial charge in [0.05, 0.1) is 17.7 Å². The molecule has 1 aliphatic carbocycles. The Bertz CT molecular complexity index is 1210. The number of allylic oxidation sites excluding steroid dienone is 3. The molecule has 0 bridgehead atoms. The van der Waals surface area contributed by atoms with E-state index in [-0.39, 0.29) is 5.41 Å². The van der Waals surface area contributed by atoms with Crippen molar-refractivity contribution in [2.45, 2.75) is 69.9 Å². The van der Waals surface area contributed by atoms with Crippen LogP contribution in [0.5, 0.6) is 0 Å². The van der Waals surface area contributed by atoms with Gasteiger partial charge in [-0.2, -0.15) is 0 Å². The predicted octanol–water partition coefficient (Wildman–Crippen LogP) is 6.43. The van der Waals surface area contributed by atoms with E-state index in [0.717, 1.165) is 28.8 Å². The van der Waals surface area contributed by atoms with Crippen LogP contribution in [0.1, 0.15) is 64.7 Å². The molecule has 1 N–H and O–H groups in total. The van der Waals surface area contributed by atoms with Gasteiger partial charge < -0.3 is 9.84 Å². The smallest absolute Gasteiger partial charge is 0.120 e. The molecule has 0 spiro atoms. The molecule has 3 atom stereocenters. The molecule has 174 valence electrons. The number of benzene rings is 2. The highest BCUT2D eigenvalue weighted by atomic mass is 16.5. The summed E-state index contributed by atoms with van der Waals surface area (Å²) in [5.41, 5.74) is 2.87. The first-order valence-corrected chi connectivity index (χ1v) is 11.9. The summed E-state index contributed by atoms with van der Waals surface area (Å²) in [6.07, 6.45) is 8.90. The van der Waals surface area contributed by atoms with E-state index in [4.69, 9.17) is 9.73 Å². The molecule has 2 aliphatic rings. The van der Waals surface area contributed by atoms with Crippen LogP contribution in [0, 0.1) is 0 Å². The van der Waals surface area contributed by atoms with Gasteiger partial charge >= 0.3 is 0 Å². The highest BCUT2D eigenvalue weighted by molar-refractivity contribution is 6.19. The monoisotopic (exact) mass is 443 g/mol. The number of fused-ring (bicyclic) bond motifs is 5. The van der Waals surface area contributed by atoms with Gasteiger partial charge in [-0.25, -0.2) is 0 Å². The van der Waals surface area contributed by atoms with Crippen molar-refractivity contribution in [3.63, 3.8) is 0 Å². The molecule has 2 aromatic rings. The Hall–Kier alpha value is -2.49. The maximum absolute atomic E-state index is 12.0. The molecule has 1 saturated carbocycles. The molecule has 0 saturated heterocycles. The van der Waals surface area contributed by atoms with Crippen LogP contribution in [-0.4, -0.2) is 35.7 Å². The van der Waals surface area contributed by atoms with Crippen molar-refractivity contribution in [1.29, 1.82) is 0 Å². The van der Waals surface area contributed by atoms with E-state index >= 15 is 0 Å². The quantitative estimate of drug-likeness (QED) is 0.413. The van der Waals surface area contributed by atoms with Crippen molar-refractivity contribution >= 4 is 16.5 Å². The molecule has 1 fully saturated rings. The number of rotatable bonds is 6. The number of aliphatic hydroxyl groups is 1. The fourth-order valence-corrected chi connectivity index (χ4v) is 5.76. The number of methoxy groups -OCH3 is 1. The summed E-state index contributed by atoms with van der Waals surface area (Å²) in [6, 6.07) is 10.9. The highest BCUT2D eigenvalue weighted by Crippen LogP contribution is 2.72. The van der Waals surface area contributed by atoms with Crippen LogP contribution in [0.2, 0.25) is 0 Å². The van der Waals surface area contributed by atoms with Gasteiger partial charge in [-0.3, -0.25) is 4.99 Å². The van der Waals surface area contributed by atoms with Crippen LogP contribution in [0.25, 0.3) is 10.8 Å². The van der Waals surface area contributed by atoms with E-state index in [0.29, 0.717) is 6.61 Å². The first-order chi connectivity index (χ1) is 15.5. The molecule has 0 radical (unpaired) electrons. The number of aliphatic imine (C=N–C) groups is 1. The second-order valence-corrected chi connectivity index (χ2v) is 10.8. The van der Waals surface area contributed by atoms with Crippen LogP contribution in [0.4, 0.5) is 0 Å². The zero-order valence-electron chi connectivity index (χ0n) is 21.1. The molecular formula is C30H37NO2. The maximum atomic E-state index is 12.0. The third-order valence-corrected chi connectivity index (χ3v) is 7.84. The van der Waals surface area contributed by atoms with E-state index in [1.165, 1.54) is 16.3 Å². The molecule has 33 heavy (non-hydrogen) atoms. The van der Waals surface area contributed by atoms with Crippen LogP contribution < -0.4 is 0 Å². The molecule has 0 aromatic heterocycles. The Morgan fingerprint density at radius 3 is 2.42 bits per heavy atom. The van der Waals surface area contributed by atoms with Gasteiger partial charge in [-0.15, -0.1) is 0 Å². The number of hydrogen-bond donors (Lipinski definition) is 1. The van der Waals surface area contributed by atoms with Crippen molar-refractivity contribution in [2.75, 3.05) is 13.7 Å². The van der Waals surface area contributed by atoms with E-state index in [2.05, 4.69) is 90.6 Å². The van der Waals surface area contributed by atoms with E-state index in [9.17, 15) is 5.11 Å². The minimum atomic E-state index is -1.12. The zero-order chi connectivity index (χ0) is 24.2. The van der Waals surface area contributed by atoms with E-state index < -0.39 is 16.6 Å². The standard InChI is InChI=1S/C30H37NO2/c1-9-10-14-20(2)26-23-19-24(27(3,4)5)21-15-11-12-16-22(21)25(23)28(6)29(7,31-26)30(28,32)17-13-18-33-8/h10-17,19,32H,2,9,18H2,1,3-8H3/b14-10-,17-13+. The average Bonchev–Trinajstić information content (AvgIpc) is 3.16. The van der Waals surface area contributed by atoms with Gasteiger partial charge in [0, 0.05) is 12.7 Å². The first-order valence-electron chi connectivity index (χ1n) is 11.9. The molecule has 2 aromatic carbocycles. The third-order valence-electron chi connectivity index (χ3n) is 7.84. The molecule has 4 rings (SSSR count). The van der Waals surface area contributed by atoms with Gasteiger partial charge in [0.2, 0.25) is 0 Å². The summed E-state index contributed by atoms with van der Waals surface area (Å²) in [4.78, 5) is 5.24. The third kappa shape index (κ3) is 3.13. The topological polar surface area (TPSA) is 41.8 Å². The fourth-order valence-electron chi connectivity index (χ4n) is 5.76. The van der Waals surface area contributed by atoms with Gasteiger partial charge in [-0.1, -0.05) is 82.8 Å². The van der Waals surface area contributed by atoms with E-state index in [1.807, 2.05) is 12.2 Å². The van der Waals surface area contributed by atoms with Crippen molar-refractivity contribution < 1.29 is 9.84 Å². The minimum Gasteiger partial charge on any atom is -0.382 e. The Morgan fingerprint density at radius 2 is 1.82 bits per heavy atom. The second-order valence-electron chi connectivity index (χ2n) is 10.8. The normalized spacial score (nSPS) is 28.8. The molecule has 0 amide bonds. The zero-order valence-corrected chi connectivity index (χ0v) is 21.1. The summed E-state index contributed by atoms with van der Waals surface area (Å²) >= 11 is 0. The molecular weight excluding hydrogens is 406 g/mol. The van der Waals surface area contributed by atoms with Crippen LogP contribution in [0.3, 0.4) is 0 Å². The molecule has 3 unspecified atom stereocenters. The summed E-state index contributed by atoms with van der Waals surface area (Å²) < 4.78 is 5.22. The van der Waals surface area contributed by atoms with Gasteiger partial charge in [-0.05, 0) is 59.2 Å². The summed E-state index contributed by atoms with van der Waals surface area (Å²) in [5.74, 6) is 0. The molecule has 1 heterocycles. The van der Waals surface area contributed by atoms with Crippen molar-refractivity contribution in [3.05, 3.63) is 83.5 Å². The summed E-state index contributed by atoms with van der Waals surface area (Å²) in [7, 11) is 1.66. The Kier molecular flexibility index (Phi) is 5.58. The van der Waals surface area contributed by atoms with Crippen molar-refractivity contribution in [1.82, 2.24) is 0 Å². The average molecular weight is 444 g/mol. The van der Waals surface area contributed by atoms with Gasteiger partial charge in [0.25, 0.3) is 0 Å². The number of nitrogens with zero attached hydrogens (tertiary/aromatic N) is 1. The van der Waals surface area contributed by atoms with Gasteiger partial charge in [0.15, 0.2) is 0 Å². The lowest BCUT2D eigenvalue weighted by Gasteiger charge is -2.31. The highest BCUT2D eigenvalue weighted by Gasteiger charge is 2.84. The van der Waals surface area contributed by atoms with Crippen LogP contribution >= 0.6 is 0 Å². The van der Waals surface area contributed by atoms with Crippen LogP contribution in [0.15, 0.2) is 71.8 Å². The lowest BCUT2D eigenvalue weighted by atomic mass is 9.74. The number of hydrogen-bond acceptors (Lipinski definition) is 3. The Labute approximate surface area is 198 Å². The van der Waals surface area contributed by atoms with Gasteiger partial charge in [0.1, 0.15) is 11.1 Å². The van der Waals surface area contributed by atoms with Crippen LogP contribution in [-0.2, 0) is 15.6 Å². The first kappa shape index (κ1) is 23.7. The van der Waals surface area contributed by atoms with Crippen molar-refractivity contribution in [2.24, 2.45) is 4.99 Å². The minimum absolute atomic E-state index is 0.0415. The fraction of sp³-hybridized carbons (Fsp3) is 0.433. The molecule has 3 nitrogen and oxygen atoms in total.